The van der Waals surface area contributed by atoms with E-state index in [1.165, 1.54) is 18.7 Å². The fourth-order valence-corrected chi connectivity index (χ4v) is 7.22. The first-order valence-electron chi connectivity index (χ1n) is 15.8. The van der Waals surface area contributed by atoms with Crippen molar-refractivity contribution in [2.75, 3.05) is 7.11 Å². The van der Waals surface area contributed by atoms with Crippen molar-refractivity contribution in [2.45, 2.75) is 129 Å². The molecule has 0 aliphatic rings. The second-order valence-corrected chi connectivity index (χ2v) is 24.6. The molecule has 0 unspecified atom stereocenters. The van der Waals surface area contributed by atoms with Gasteiger partial charge in [0.25, 0.3) is 0 Å². The number of benzene rings is 1. The van der Waals surface area contributed by atoms with Gasteiger partial charge in [-0.3, -0.25) is 0 Å². The lowest BCUT2D eigenvalue weighted by atomic mass is 9.87. The lowest BCUT2D eigenvalue weighted by Gasteiger charge is -2.42. The first-order chi connectivity index (χ1) is 19.6. The van der Waals surface area contributed by atoms with Gasteiger partial charge in [0.05, 0.1) is 25.4 Å². The van der Waals surface area contributed by atoms with Gasteiger partial charge in [0.2, 0.25) is 0 Å². The molecule has 0 aliphatic heterocycles. The summed E-state index contributed by atoms with van der Waals surface area (Å²) in [4.78, 5) is 11.4. The van der Waals surface area contributed by atoms with E-state index < -0.39 is 28.7 Å². The fourth-order valence-electron chi connectivity index (χ4n) is 4.35. The van der Waals surface area contributed by atoms with Crippen LogP contribution in [0.5, 0.6) is 0 Å². The molecule has 0 spiro atoms. The number of ether oxygens (including phenoxy) is 1. The van der Waals surface area contributed by atoms with Gasteiger partial charge in [-0.05, 0) is 53.7 Å². The summed E-state index contributed by atoms with van der Waals surface area (Å²) in [5.41, 5.74) is 1.26. The summed E-state index contributed by atoms with van der Waals surface area (Å²) in [5, 5.41) is 11.4. The molecule has 1 aromatic rings. The van der Waals surface area contributed by atoms with Crippen LogP contribution in [0.15, 0.2) is 66.8 Å². The van der Waals surface area contributed by atoms with Crippen molar-refractivity contribution in [2.24, 2.45) is 11.8 Å². The third-order valence-corrected chi connectivity index (χ3v) is 18.5. The minimum Gasteiger partial charge on any atom is -0.466 e. The normalized spacial score (nSPS) is 18.1. The van der Waals surface area contributed by atoms with Crippen LogP contribution in [0.3, 0.4) is 0 Å². The second kappa shape index (κ2) is 16.5. The smallest absolute Gasteiger partial charge is 0.330 e. The number of aliphatic hydroxyl groups excluding tert-OH is 1. The summed E-state index contributed by atoms with van der Waals surface area (Å²) in [7, 11) is -2.79. The Morgan fingerprint density at radius 1 is 0.814 bits per heavy atom. The van der Waals surface area contributed by atoms with Crippen molar-refractivity contribution in [3.8, 4) is 0 Å². The van der Waals surface area contributed by atoms with Crippen LogP contribution >= 0.6 is 0 Å². The van der Waals surface area contributed by atoms with Crippen LogP contribution in [0.4, 0.5) is 0 Å². The van der Waals surface area contributed by atoms with Crippen LogP contribution in [-0.4, -0.2) is 53.1 Å². The van der Waals surface area contributed by atoms with Gasteiger partial charge in [-0.25, -0.2) is 4.79 Å². The predicted molar refractivity (Wildman–Crippen MR) is 187 cm³/mol. The second-order valence-electron chi connectivity index (χ2n) is 15.1. The van der Waals surface area contributed by atoms with Crippen molar-refractivity contribution < 1.29 is 23.5 Å². The quantitative estimate of drug-likeness (QED) is 0.0688. The van der Waals surface area contributed by atoms with Gasteiger partial charge in [-0.2, -0.15) is 0 Å². The molecule has 0 bridgehead atoms. The zero-order valence-electron chi connectivity index (χ0n) is 29.6. The number of esters is 1. The van der Waals surface area contributed by atoms with Crippen molar-refractivity contribution in [3.63, 3.8) is 0 Å². The van der Waals surface area contributed by atoms with Crippen LogP contribution in [0.1, 0.15) is 80.2 Å². The highest BCUT2D eigenvalue weighted by atomic mass is 28.4. The van der Waals surface area contributed by atoms with E-state index in [1.807, 2.05) is 24.3 Å². The molecule has 1 aromatic carbocycles. The number of rotatable bonds is 15. The van der Waals surface area contributed by atoms with E-state index in [0.29, 0.717) is 6.42 Å². The molecule has 0 heterocycles. The highest BCUT2D eigenvalue weighted by molar-refractivity contribution is 6.74. The summed E-state index contributed by atoms with van der Waals surface area (Å²) in [6.45, 7) is 29.1. The molecule has 0 saturated carbocycles. The average molecular weight is 631 g/mol. The SMILES string of the molecule is COC(=O)/C=C\C=C\[C@@H](C)[C@H](C[C@H](O)/C=C\[C@@H](C)[C@@H](O[Si](C)(C)C(C)(C)C)[C@@H](C)c1ccccc1)O[Si](C)(C)C(C)(C)C. The van der Waals surface area contributed by atoms with Crippen molar-refractivity contribution >= 4 is 22.6 Å². The largest absolute Gasteiger partial charge is 0.466 e. The Morgan fingerprint density at radius 3 is 1.86 bits per heavy atom. The van der Waals surface area contributed by atoms with E-state index in [-0.39, 0.29) is 40.0 Å². The fraction of sp³-hybridized carbons (Fsp3) is 0.639. The van der Waals surface area contributed by atoms with Crippen LogP contribution in [0.2, 0.25) is 36.3 Å². The van der Waals surface area contributed by atoms with Crippen LogP contribution in [-0.2, 0) is 18.4 Å². The Morgan fingerprint density at radius 2 is 1.35 bits per heavy atom. The first kappa shape index (κ1) is 39.2. The molecule has 244 valence electrons. The lowest BCUT2D eigenvalue weighted by Crippen LogP contribution is -2.46. The molecular weight excluding hydrogens is 569 g/mol. The number of hydrogen-bond acceptors (Lipinski definition) is 5. The molecule has 0 fully saturated rings. The molecule has 5 nitrogen and oxygen atoms in total. The van der Waals surface area contributed by atoms with E-state index in [0.717, 1.165) is 0 Å². The van der Waals surface area contributed by atoms with E-state index in [1.54, 1.807) is 6.08 Å². The van der Waals surface area contributed by atoms with Crippen LogP contribution in [0, 0.1) is 11.8 Å². The third-order valence-electron chi connectivity index (χ3n) is 9.48. The Hall–Kier alpha value is -1.78. The summed E-state index contributed by atoms with van der Waals surface area (Å²) in [6, 6.07) is 10.6. The number of methoxy groups -OCH3 is 1. The number of carbonyl (C=O) groups is 1. The molecule has 7 heteroatoms. The molecule has 0 aromatic heterocycles. The molecule has 1 rings (SSSR count). The van der Waals surface area contributed by atoms with Gasteiger partial charge >= 0.3 is 5.97 Å². The van der Waals surface area contributed by atoms with Crippen LogP contribution < -0.4 is 0 Å². The number of carbonyl (C=O) groups excluding carboxylic acids is 1. The zero-order chi connectivity index (χ0) is 33.2. The summed E-state index contributed by atoms with van der Waals surface area (Å²) in [5.74, 6) is -0.0624. The van der Waals surface area contributed by atoms with Gasteiger partial charge < -0.3 is 18.7 Å². The molecular formula is C36H62O5Si2. The molecule has 0 saturated heterocycles. The van der Waals surface area contributed by atoms with Crippen molar-refractivity contribution in [1.29, 1.82) is 0 Å². The minimum absolute atomic E-state index is 0.0190. The standard InChI is InChI=1S/C36H62O5Si2/c1-27(20-18-19-23-33(38)39-10)32(40-42(11,12)35(4,5)6)26-31(37)25-24-28(2)34(41-43(13,14)36(7,8)9)29(3)30-21-16-15-17-22-30/h15-25,27-29,31-32,34,37H,26H2,1-14H3/b20-18+,23-19-,25-24-/t27-,28-,29+,31-,32+,34-/m1/s1. The highest BCUT2D eigenvalue weighted by Crippen LogP contribution is 2.41. The topological polar surface area (TPSA) is 65.0 Å². The van der Waals surface area contributed by atoms with Crippen molar-refractivity contribution in [3.05, 3.63) is 72.4 Å². The maximum Gasteiger partial charge on any atom is 0.330 e. The summed E-state index contributed by atoms with van der Waals surface area (Å²) >= 11 is 0. The molecule has 43 heavy (non-hydrogen) atoms. The van der Waals surface area contributed by atoms with E-state index in [9.17, 15) is 9.90 Å². The minimum atomic E-state index is -2.11. The maximum absolute atomic E-state index is 11.4. The predicted octanol–water partition coefficient (Wildman–Crippen LogP) is 9.44. The Labute approximate surface area is 266 Å². The molecule has 6 atom stereocenters. The molecule has 0 amide bonds. The van der Waals surface area contributed by atoms with Gasteiger partial charge in [-0.1, -0.05) is 123 Å². The monoisotopic (exact) mass is 630 g/mol. The Balaban J connectivity index is 3.24. The van der Waals surface area contributed by atoms with Gasteiger partial charge in [0, 0.05) is 18.4 Å². The highest BCUT2D eigenvalue weighted by Gasteiger charge is 2.42. The summed E-state index contributed by atoms with van der Waals surface area (Å²) in [6.07, 6.45) is 10.6. The van der Waals surface area contributed by atoms with E-state index in [4.69, 9.17) is 8.85 Å². The molecule has 0 radical (unpaired) electrons. The Bertz CT molecular complexity index is 1060. The lowest BCUT2D eigenvalue weighted by molar-refractivity contribution is -0.134. The number of aliphatic hydroxyl groups is 1. The first-order valence-corrected chi connectivity index (χ1v) is 21.6. The Kier molecular flexibility index (Phi) is 15.1. The van der Waals surface area contributed by atoms with Gasteiger partial charge in [0.15, 0.2) is 16.6 Å². The average Bonchev–Trinajstić information content (AvgIpc) is 2.90. The van der Waals surface area contributed by atoms with E-state index >= 15 is 0 Å². The maximum atomic E-state index is 11.4. The van der Waals surface area contributed by atoms with Crippen LogP contribution in [0.25, 0.3) is 0 Å². The molecule has 0 aliphatic carbocycles. The number of allylic oxidation sites excluding steroid dienone is 2. The summed E-state index contributed by atoms with van der Waals surface area (Å²) < 4.78 is 18.6. The van der Waals surface area contributed by atoms with E-state index in [2.05, 4.69) is 124 Å². The van der Waals surface area contributed by atoms with Gasteiger partial charge in [-0.15, -0.1) is 0 Å². The zero-order valence-corrected chi connectivity index (χ0v) is 31.6. The third kappa shape index (κ3) is 12.6. The molecule has 1 N–H and O–H groups in total. The van der Waals surface area contributed by atoms with Gasteiger partial charge in [0.1, 0.15) is 0 Å². The number of hydrogen-bond donors (Lipinski definition) is 1. The van der Waals surface area contributed by atoms with Crippen molar-refractivity contribution in [1.82, 2.24) is 0 Å².